The van der Waals surface area contributed by atoms with Crippen LogP contribution in [0.3, 0.4) is 0 Å². The first-order valence-corrected chi connectivity index (χ1v) is 7.17. The third-order valence-corrected chi connectivity index (χ3v) is 3.98. The maximum absolute atomic E-state index is 9.90. The molecule has 0 aliphatic heterocycles. The van der Waals surface area contributed by atoms with Crippen LogP contribution in [0.1, 0.15) is 36.4 Å². The van der Waals surface area contributed by atoms with Gasteiger partial charge in [-0.1, -0.05) is 30.7 Å². The molecule has 0 unspecified atom stereocenters. The number of likely N-dealkylation sites (N-methyl/N-ethyl adjacent to an activating group) is 1. The van der Waals surface area contributed by atoms with E-state index in [1.807, 2.05) is 0 Å². The van der Waals surface area contributed by atoms with Crippen LogP contribution in [0.4, 0.5) is 0 Å². The van der Waals surface area contributed by atoms with Gasteiger partial charge in [0.1, 0.15) is 0 Å². The number of nitrogens with zero attached hydrogens (tertiary/aromatic N) is 1. The molecule has 1 aromatic carbocycles. The molecule has 0 amide bonds. The Morgan fingerprint density at radius 2 is 2.16 bits per heavy atom. The molecule has 0 saturated carbocycles. The zero-order chi connectivity index (χ0) is 13.7. The number of methoxy groups -OCH3 is 1. The lowest BCUT2D eigenvalue weighted by Gasteiger charge is -2.30. The Morgan fingerprint density at radius 3 is 2.95 bits per heavy atom. The first-order valence-electron chi connectivity index (χ1n) is 7.17. The average molecular weight is 263 g/mol. The first kappa shape index (κ1) is 14.5. The van der Waals surface area contributed by atoms with Gasteiger partial charge in [0, 0.05) is 19.7 Å². The number of aliphatic hydroxyl groups is 1. The second kappa shape index (κ2) is 7.04. The predicted molar refractivity (Wildman–Crippen MR) is 77.3 cm³/mol. The van der Waals surface area contributed by atoms with Crippen molar-refractivity contribution in [3.05, 3.63) is 35.4 Å². The molecular formula is C16H25NO2. The summed E-state index contributed by atoms with van der Waals surface area (Å²) in [5.41, 5.74) is 2.91. The summed E-state index contributed by atoms with van der Waals surface area (Å²) >= 11 is 0. The Bertz CT molecular complexity index is 394. The van der Waals surface area contributed by atoms with Gasteiger partial charge in [0.05, 0.1) is 12.7 Å². The molecule has 19 heavy (non-hydrogen) atoms. The van der Waals surface area contributed by atoms with Gasteiger partial charge in [-0.05, 0) is 37.4 Å². The fourth-order valence-corrected chi connectivity index (χ4v) is 3.06. The molecule has 2 atom stereocenters. The van der Waals surface area contributed by atoms with Crippen molar-refractivity contribution >= 4 is 0 Å². The van der Waals surface area contributed by atoms with E-state index >= 15 is 0 Å². The largest absolute Gasteiger partial charge is 0.389 e. The molecule has 1 aliphatic carbocycles. The van der Waals surface area contributed by atoms with Crippen molar-refractivity contribution in [1.29, 1.82) is 0 Å². The summed E-state index contributed by atoms with van der Waals surface area (Å²) < 4.78 is 5.01. The van der Waals surface area contributed by atoms with Gasteiger partial charge < -0.3 is 9.84 Å². The van der Waals surface area contributed by atoms with E-state index < -0.39 is 6.10 Å². The minimum atomic E-state index is -0.412. The molecule has 106 valence electrons. The predicted octanol–water partition coefficient (Wildman–Crippen LogP) is 2.39. The van der Waals surface area contributed by atoms with Crippen LogP contribution < -0.4 is 0 Å². The molecule has 3 nitrogen and oxygen atoms in total. The number of fused-ring (bicyclic) bond motifs is 1. The van der Waals surface area contributed by atoms with Crippen molar-refractivity contribution in [2.24, 2.45) is 0 Å². The van der Waals surface area contributed by atoms with E-state index in [0.29, 0.717) is 19.2 Å². The van der Waals surface area contributed by atoms with E-state index in [4.69, 9.17) is 4.74 Å². The van der Waals surface area contributed by atoms with Crippen molar-refractivity contribution in [2.45, 2.75) is 37.8 Å². The van der Waals surface area contributed by atoms with Gasteiger partial charge in [-0.25, -0.2) is 0 Å². The van der Waals surface area contributed by atoms with Crippen LogP contribution >= 0.6 is 0 Å². The minimum Gasteiger partial charge on any atom is -0.389 e. The van der Waals surface area contributed by atoms with Crippen LogP contribution in [-0.4, -0.2) is 43.4 Å². The summed E-state index contributed by atoms with van der Waals surface area (Å²) in [6, 6.07) is 9.15. The lowest BCUT2D eigenvalue weighted by molar-refractivity contribution is 0.0330. The molecule has 1 aliphatic rings. The normalized spacial score (nSPS) is 20.9. The van der Waals surface area contributed by atoms with Gasteiger partial charge in [-0.2, -0.15) is 0 Å². The second-order valence-electron chi connectivity index (χ2n) is 5.51. The topological polar surface area (TPSA) is 32.7 Å². The van der Waals surface area contributed by atoms with E-state index in [9.17, 15) is 5.11 Å². The van der Waals surface area contributed by atoms with Crippen LogP contribution in [-0.2, 0) is 11.2 Å². The van der Waals surface area contributed by atoms with Gasteiger partial charge in [-0.3, -0.25) is 4.90 Å². The number of aryl methyl sites for hydroxylation is 1. The lowest BCUT2D eigenvalue weighted by Crippen LogP contribution is -2.34. The Hall–Kier alpha value is -0.900. The fourth-order valence-electron chi connectivity index (χ4n) is 3.06. The summed E-state index contributed by atoms with van der Waals surface area (Å²) in [4.78, 5) is 2.27. The van der Waals surface area contributed by atoms with Crippen molar-refractivity contribution in [3.8, 4) is 0 Å². The van der Waals surface area contributed by atoms with Crippen molar-refractivity contribution in [2.75, 3.05) is 27.3 Å². The molecule has 0 aromatic heterocycles. The highest BCUT2D eigenvalue weighted by molar-refractivity contribution is 5.31. The van der Waals surface area contributed by atoms with Gasteiger partial charge >= 0.3 is 0 Å². The van der Waals surface area contributed by atoms with E-state index in [-0.39, 0.29) is 0 Å². The first-order chi connectivity index (χ1) is 9.22. The number of aliphatic hydroxyl groups excluding tert-OH is 1. The lowest BCUT2D eigenvalue weighted by atomic mass is 9.98. The number of benzene rings is 1. The summed E-state index contributed by atoms with van der Waals surface area (Å²) in [5.74, 6) is 0. The Labute approximate surface area is 116 Å². The highest BCUT2D eigenvalue weighted by Crippen LogP contribution is 2.32. The van der Waals surface area contributed by atoms with Crippen LogP contribution in [0.15, 0.2) is 24.3 Å². The summed E-state index contributed by atoms with van der Waals surface area (Å²) in [6.07, 6.45) is 4.46. The number of ether oxygens (including phenoxy) is 1. The number of hydrogen-bond donors (Lipinski definition) is 1. The molecule has 1 N–H and O–H groups in total. The summed E-state index contributed by atoms with van der Waals surface area (Å²) in [7, 11) is 3.73. The molecule has 0 radical (unpaired) electrons. The molecule has 0 bridgehead atoms. The average Bonchev–Trinajstić information content (AvgIpc) is 2.61. The van der Waals surface area contributed by atoms with E-state index in [2.05, 4.69) is 36.2 Å². The second-order valence-corrected chi connectivity index (χ2v) is 5.51. The summed E-state index contributed by atoms with van der Waals surface area (Å²) in [6.45, 7) is 1.06. The summed E-state index contributed by atoms with van der Waals surface area (Å²) in [5, 5.41) is 9.90. The molecule has 3 heteroatoms. The van der Waals surface area contributed by atoms with E-state index in [0.717, 1.165) is 0 Å². The van der Waals surface area contributed by atoms with Crippen LogP contribution in [0.25, 0.3) is 0 Å². The molecule has 0 spiro atoms. The fraction of sp³-hybridized carbons (Fsp3) is 0.625. The third-order valence-electron chi connectivity index (χ3n) is 3.98. The Morgan fingerprint density at radius 1 is 1.37 bits per heavy atom. The smallest absolute Gasteiger partial charge is 0.0900 e. The maximum Gasteiger partial charge on any atom is 0.0900 e. The van der Waals surface area contributed by atoms with Crippen LogP contribution in [0.5, 0.6) is 0 Å². The molecular weight excluding hydrogens is 238 g/mol. The minimum absolute atomic E-state index is 0.401. The molecule has 0 saturated heterocycles. The van der Waals surface area contributed by atoms with Gasteiger partial charge in [0.15, 0.2) is 0 Å². The number of rotatable bonds is 5. The SMILES string of the molecule is COC[C@H](O)CN(C)[C@@H]1CCCCc2ccccc21. The Balaban J connectivity index is 2.10. The van der Waals surface area contributed by atoms with Gasteiger partial charge in [0.2, 0.25) is 0 Å². The highest BCUT2D eigenvalue weighted by atomic mass is 16.5. The highest BCUT2D eigenvalue weighted by Gasteiger charge is 2.23. The van der Waals surface area contributed by atoms with Gasteiger partial charge in [-0.15, -0.1) is 0 Å². The monoisotopic (exact) mass is 263 g/mol. The van der Waals surface area contributed by atoms with E-state index in [1.54, 1.807) is 7.11 Å². The van der Waals surface area contributed by atoms with Gasteiger partial charge in [0.25, 0.3) is 0 Å². The van der Waals surface area contributed by atoms with E-state index in [1.165, 1.54) is 36.8 Å². The standard InChI is InChI=1S/C16H25NO2/c1-17(11-14(18)12-19-2)16-10-6-4-8-13-7-3-5-9-15(13)16/h3,5,7,9,14,16,18H,4,6,8,10-12H2,1-2H3/t14-,16-/m1/s1. The molecule has 0 heterocycles. The quantitative estimate of drug-likeness (QED) is 0.828. The molecule has 0 fully saturated rings. The zero-order valence-corrected chi connectivity index (χ0v) is 12.0. The zero-order valence-electron chi connectivity index (χ0n) is 12.0. The van der Waals surface area contributed by atoms with Crippen molar-refractivity contribution in [1.82, 2.24) is 4.90 Å². The van der Waals surface area contributed by atoms with Crippen molar-refractivity contribution in [3.63, 3.8) is 0 Å². The molecule has 1 aromatic rings. The van der Waals surface area contributed by atoms with Crippen LogP contribution in [0.2, 0.25) is 0 Å². The molecule has 2 rings (SSSR count). The maximum atomic E-state index is 9.90. The van der Waals surface area contributed by atoms with Crippen molar-refractivity contribution < 1.29 is 9.84 Å². The number of hydrogen-bond acceptors (Lipinski definition) is 3. The third kappa shape index (κ3) is 3.78. The Kier molecular flexibility index (Phi) is 5.37. The van der Waals surface area contributed by atoms with Crippen LogP contribution in [0, 0.1) is 0 Å².